The summed E-state index contributed by atoms with van der Waals surface area (Å²) in [5, 5.41) is 18.8. The summed E-state index contributed by atoms with van der Waals surface area (Å²) >= 11 is 0. The number of carbonyl (C=O) groups excluding carboxylic acids is 2. The number of nitrogens with one attached hydrogen (secondary N) is 2. The maximum Gasteiger partial charge on any atom is 0.305 e. The minimum atomic E-state index is -3.72. The Bertz CT molecular complexity index is 1710. The molecule has 1 amide bonds. The molecular weight excluding hydrogens is 627 g/mol. The van der Waals surface area contributed by atoms with Crippen molar-refractivity contribution in [1.29, 1.82) is 0 Å². The molecule has 5 rings (SSSR count). The maximum absolute atomic E-state index is 14.3. The van der Waals surface area contributed by atoms with Gasteiger partial charge in [0.05, 0.1) is 12.5 Å². The first kappa shape index (κ1) is 35.2. The number of carboxylic acids is 1. The molecule has 1 unspecified atom stereocenters. The van der Waals surface area contributed by atoms with Crippen molar-refractivity contribution in [2.75, 3.05) is 13.2 Å². The Morgan fingerprint density at radius 2 is 1.48 bits per heavy atom. The second kappa shape index (κ2) is 15.8. The summed E-state index contributed by atoms with van der Waals surface area (Å²) in [4.78, 5) is 39.6. The summed E-state index contributed by atoms with van der Waals surface area (Å²) in [6.45, 7) is 3.83. The predicted octanol–water partition coefficient (Wildman–Crippen LogP) is 5.67. The fraction of sp³-hybridized carbons (Fsp3) is 0.342. The predicted molar refractivity (Wildman–Crippen MR) is 187 cm³/mol. The van der Waals surface area contributed by atoms with Gasteiger partial charge >= 0.3 is 5.97 Å². The van der Waals surface area contributed by atoms with Crippen LogP contribution in [0.4, 0.5) is 0 Å². The molecule has 0 spiro atoms. The molecule has 4 aromatic carbocycles. The van der Waals surface area contributed by atoms with Crippen LogP contribution in [0.1, 0.15) is 51.5 Å². The zero-order valence-electron chi connectivity index (χ0n) is 27.3. The first-order valence-electron chi connectivity index (χ1n) is 16.4. The van der Waals surface area contributed by atoms with Crippen LogP contribution in [0.15, 0.2) is 103 Å². The van der Waals surface area contributed by atoms with Gasteiger partial charge in [0.1, 0.15) is 18.4 Å². The molecule has 0 aliphatic carbocycles. The van der Waals surface area contributed by atoms with E-state index < -0.39 is 55.9 Å². The zero-order valence-corrected chi connectivity index (χ0v) is 28.2. The highest BCUT2D eigenvalue weighted by Gasteiger charge is 2.41. The quantitative estimate of drug-likeness (QED) is 0.138. The number of amides is 1. The molecule has 0 bridgehead atoms. The van der Waals surface area contributed by atoms with Crippen molar-refractivity contribution in [1.82, 2.24) is 10.6 Å². The van der Waals surface area contributed by atoms with Gasteiger partial charge in [-0.05, 0) is 66.6 Å². The molecule has 1 saturated heterocycles. The highest BCUT2D eigenvalue weighted by molar-refractivity contribution is 7.74. The van der Waals surface area contributed by atoms with Crippen molar-refractivity contribution in [3.8, 4) is 0 Å². The smallest absolute Gasteiger partial charge is 0.305 e. The van der Waals surface area contributed by atoms with Gasteiger partial charge in [0.2, 0.25) is 5.91 Å². The first-order chi connectivity index (χ1) is 23.1. The summed E-state index contributed by atoms with van der Waals surface area (Å²) in [6, 6.07) is 28.9. The van der Waals surface area contributed by atoms with Crippen LogP contribution in [0, 0.1) is 5.92 Å². The number of carboxylic acid groups (broad SMARTS) is 1. The van der Waals surface area contributed by atoms with Gasteiger partial charge < -0.3 is 19.7 Å². The molecule has 1 heterocycles. The SMILES string of the molecule is CC(C)C[C@H](NC1(c2cccc3ccccc23)CCCCO1)C(=O)N[C@@H](CC(=O)O)C(=O)COP(=O)(c1ccccc1)c1ccccc1. The van der Waals surface area contributed by atoms with Gasteiger partial charge in [0, 0.05) is 22.8 Å². The fourth-order valence-corrected chi connectivity index (χ4v) is 8.29. The van der Waals surface area contributed by atoms with Gasteiger partial charge in [-0.1, -0.05) is 92.7 Å². The normalized spacial score (nSPS) is 17.9. The van der Waals surface area contributed by atoms with Gasteiger partial charge in [0.25, 0.3) is 7.37 Å². The third kappa shape index (κ3) is 8.28. The number of benzene rings is 4. The number of carbonyl (C=O) groups is 3. The Labute approximate surface area is 281 Å². The van der Waals surface area contributed by atoms with Crippen molar-refractivity contribution in [2.24, 2.45) is 5.92 Å². The highest BCUT2D eigenvalue weighted by atomic mass is 31.2. The van der Waals surface area contributed by atoms with Gasteiger partial charge in [-0.2, -0.15) is 0 Å². The van der Waals surface area contributed by atoms with Crippen LogP contribution < -0.4 is 21.2 Å². The van der Waals surface area contributed by atoms with Gasteiger partial charge in [0.15, 0.2) is 5.78 Å². The molecule has 0 radical (unpaired) electrons. The van der Waals surface area contributed by atoms with Crippen LogP contribution in [-0.4, -0.2) is 48.1 Å². The standard InChI is InChI=1S/C38H43N2O7P/c1-27(2)24-34(40-38(22-11-12-23-46-38)32-21-13-15-28-14-9-10-20-31(28)32)37(44)39-33(25-36(42)43)35(41)26-47-48(45,29-16-5-3-6-17-29)30-18-7-4-8-19-30/h3-10,13-21,27,33-34,40H,11-12,22-26H2,1-2H3,(H,39,44)(H,42,43)/t33-,34-,38?/m0/s1. The third-order valence-corrected chi connectivity index (χ3v) is 11.0. The van der Waals surface area contributed by atoms with E-state index >= 15 is 0 Å². The molecule has 48 heavy (non-hydrogen) atoms. The van der Waals surface area contributed by atoms with E-state index in [9.17, 15) is 24.1 Å². The third-order valence-electron chi connectivity index (χ3n) is 8.59. The highest BCUT2D eigenvalue weighted by Crippen LogP contribution is 2.44. The van der Waals surface area contributed by atoms with E-state index in [1.54, 1.807) is 60.7 Å². The van der Waals surface area contributed by atoms with Crippen LogP contribution in [0.2, 0.25) is 0 Å². The molecule has 1 fully saturated rings. The number of aliphatic carboxylic acids is 1. The van der Waals surface area contributed by atoms with E-state index in [0.29, 0.717) is 30.1 Å². The second-order valence-electron chi connectivity index (χ2n) is 12.6. The van der Waals surface area contributed by atoms with Crippen molar-refractivity contribution in [3.05, 3.63) is 109 Å². The number of Topliss-reactive ketones (excluding diaryl/α,β-unsaturated/α-hetero) is 1. The van der Waals surface area contributed by atoms with Gasteiger partial charge in [-0.15, -0.1) is 0 Å². The lowest BCUT2D eigenvalue weighted by atomic mass is 9.88. The van der Waals surface area contributed by atoms with Crippen LogP contribution in [0.3, 0.4) is 0 Å². The van der Waals surface area contributed by atoms with Crippen molar-refractivity contribution < 1.29 is 33.3 Å². The van der Waals surface area contributed by atoms with E-state index in [1.165, 1.54) is 0 Å². The molecule has 3 atom stereocenters. The monoisotopic (exact) mass is 670 g/mol. The molecule has 9 nitrogen and oxygen atoms in total. The Hall–Kier alpha value is -4.14. The number of ketones is 1. The lowest BCUT2D eigenvalue weighted by Gasteiger charge is -2.42. The number of rotatable bonds is 15. The summed E-state index contributed by atoms with van der Waals surface area (Å²) in [5.74, 6) is -2.40. The lowest BCUT2D eigenvalue weighted by molar-refractivity contribution is -0.142. The van der Waals surface area contributed by atoms with E-state index in [-0.39, 0.29) is 5.92 Å². The average Bonchev–Trinajstić information content (AvgIpc) is 3.10. The molecule has 4 aromatic rings. The zero-order chi connectivity index (χ0) is 34.1. The molecule has 252 valence electrons. The van der Waals surface area contributed by atoms with Crippen LogP contribution in [-0.2, 0) is 33.9 Å². The first-order valence-corrected chi connectivity index (χ1v) is 18.0. The molecule has 1 aliphatic heterocycles. The van der Waals surface area contributed by atoms with E-state index in [0.717, 1.165) is 29.2 Å². The Morgan fingerprint density at radius 3 is 2.08 bits per heavy atom. The molecule has 1 aliphatic rings. The number of hydrogen-bond acceptors (Lipinski definition) is 7. The number of ether oxygens (including phenoxy) is 1. The lowest BCUT2D eigenvalue weighted by Crippen LogP contribution is -2.58. The van der Waals surface area contributed by atoms with E-state index in [4.69, 9.17) is 9.26 Å². The fourth-order valence-electron chi connectivity index (χ4n) is 6.25. The summed E-state index contributed by atoms with van der Waals surface area (Å²) in [6.07, 6.45) is 2.15. The number of fused-ring (bicyclic) bond motifs is 1. The Kier molecular flexibility index (Phi) is 11.6. The summed E-state index contributed by atoms with van der Waals surface area (Å²) < 4.78 is 26.7. The van der Waals surface area contributed by atoms with E-state index in [1.807, 2.05) is 56.3 Å². The molecule has 10 heteroatoms. The summed E-state index contributed by atoms with van der Waals surface area (Å²) in [5.41, 5.74) is -0.0466. The van der Waals surface area contributed by atoms with Crippen LogP contribution >= 0.6 is 7.37 Å². The molecule has 0 saturated carbocycles. The largest absolute Gasteiger partial charge is 0.481 e. The molecule has 3 N–H and O–H groups in total. The van der Waals surface area contributed by atoms with Crippen LogP contribution in [0.5, 0.6) is 0 Å². The maximum atomic E-state index is 14.3. The molecule has 0 aromatic heterocycles. The van der Waals surface area contributed by atoms with Gasteiger partial charge in [-0.3, -0.25) is 24.3 Å². The van der Waals surface area contributed by atoms with Gasteiger partial charge in [-0.25, -0.2) is 0 Å². The van der Waals surface area contributed by atoms with Crippen molar-refractivity contribution in [3.63, 3.8) is 0 Å². The topological polar surface area (TPSA) is 131 Å². The van der Waals surface area contributed by atoms with E-state index in [2.05, 4.69) is 10.6 Å². The summed E-state index contributed by atoms with van der Waals surface area (Å²) in [7, 11) is -3.72. The average molecular weight is 671 g/mol. The minimum Gasteiger partial charge on any atom is -0.481 e. The van der Waals surface area contributed by atoms with Crippen molar-refractivity contribution >= 4 is 46.4 Å². The Balaban J connectivity index is 1.40. The number of hydrogen-bond donors (Lipinski definition) is 3. The molecular formula is C38H43N2O7P. The van der Waals surface area contributed by atoms with Crippen LogP contribution in [0.25, 0.3) is 10.8 Å². The second-order valence-corrected chi connectivity index (χ2v) is 15.0. The van der Waals surface area contributed by atoms with Crippen molar-refractivity contribution in [2.45, 2.75) is 63.8 Å². The Morgan fingerprint density at radius 1 is 0.854 bits per heavy atom. The minimum absolute atomic E-state index is 0.0843.